The molecule has 3 nitrogen and oxygen atoms in total. The van der Waals surface area contributed by atoms with Crippen LogP contribution < -0.4 is 5.32 Å². The summed E-state index contributed by atoms with van der Waals surface area (Å²) in [4.78, 5) is 11.3. The van der Waals surface area contributed by atoms with E-state index in [1.807, 2.05) is 0 Å². The van der Waals surface area contributed by atoms with Crippen LogP contribution in [0.3, 0.4) is 0 Å². The molecule has 9 heteroatoms. The highest BCUT2D eigenvalue weighted by Crippen LogP contribution is 2.38. The van der Waals surface area contributed by atoms with Gasteiger partial charge in [-0.1, -0.05) is 30.3 Å². The zero-order valence-electron chi connectivity index (χ0n) is 11.3. The summed E-state index contributed by atoms with van der Waals surface area (Å²) in [5.41, 5.74) is -4.06. The van der Waals surface area contributed by atoms with Crippen molar-refractivity contribution in [3.8, 4) is 0 Å². The van der Waals surface area contributed by atoms with Gasteiger partial charge in [0.25, 0.3) is 0 Å². The highest BCUT2D eigenvalue weighted by molar-refractivity contribution is 5.79. The van der Waals surface area contributed by atoms with Crippen LogP contribution in [0, 0.1) is 5.92 Å². The molecule has 0 spiro atoms. The molecular weight excluding hydrogens is 316 g/mol. The van der Waals surface area contributed by atoms with E-state index in [0.29, 0.717) is 6.92 Å². The summed E-state index contributed by atoms with van der Waals surface area (Å²) in [6.45, 7) is -0.899. The predicted molar refractivity (Wildman–Crippen MR) is 64.6 cm³/mol. The molecule has 0 aliphatic rings. The van der Waals surface area contributed by atoms with Gasteiger partial charge in [-0.3, -0.25) is 4.79 Å². The highest BCUT2D eigenvalue weighted by Gasteiger charge is 2.55. The maximum atomic E-state index is 13.1. The minimum Gasteiger partial charge on any atom is -0.375 e. The fourth-order valence-corrected chi connectivity index (χ4v) is 1.60. The molecule has 124 valence electrons. The Morgan fingerprint density at radius 3 is 2.05 bits per heavy atom. The van der Waals surface area contributed by atoms with Gasteiger partial charge in [0.2, 0.25) is 11.5 Å². The van der Waals surface area contributed by atoms with Crippen LogP contribution in [-0.4, -0.2) is 29.9 Å². The van der Waals surface area contributed by atoms with Crippen molar-refractivity contribution in [1.82, 2.24) is 5.32 Å². The molecule has 0 radical (unpaired) electrons. The van der Waals surface area contributed by atoms with Gasteiger partial charge in [0.1, 0.15) is 5.92 Å². The van der Waals surface area contributed by atoms with Crippen molar-refractivity contribution in [2.24, 2.45) is 5.92 Å². The van der Waals surface area contributed by atoms with E-state index in [-0.39, 0.29) is 0 Å². The number of halogens is 6. The normalized spacial score (nSPS) is 16.7. The van der Waals surface area contributed by atoms with Crippen molar-refractivity contribution >= 4 is 5.91 Å². The average Bonchev–Trinajstić information content (AvgIpc) is 2.42. The van der Waals surface area contributed by atoms with Crippen LogP contribution in [0.5, 0.6) is 0 Å². The van der Waals surface area contributed by atoms with Crippen molar-refractivity contribution in [3.05, 3.63) is 35.9 Å². The summed E-state index contributed by atoms with van der Waals surface area (Å²) in [6.07, 6.45) is -10.1. The highest BCUT2D eigenvalue weighted by atomic mass is 19.4. The van der Waals surface area contributed by atoms with E-state index in [9.17, 15) is 36.2 Å². The Morgan fingerprint density at radius 1 is 1.14 bits per heavy atom. The molecule has 1 aromatic carbocycles. The van der Waals surface area contributed by atoms with Crippen LogP contribution in [0.15, 0.2) is 30.3 Å². The van der Waals surface area contributed by atoms with Crippen molar-refractivity contribution in [2.45, 2.75) is 24.9 Å². The lowest BCUT2D eigenvalue weighted by Crippen LogP contribution is -2.52. The van der Waals surface area contributed by atoms with Gasteiger partial charge in [-0.2, -0.15) is 26.3 Å². The molecular formula is C13H13F6NO2. The molecule has 0 aromatic heterocycles. The van der Waals surface area contributed by atoms with Crippen molar-refractivity contribution in [1.29, 1.82) is 0 Å². The topological polar surface area (TPSA) is 49.3 Å². The minimum atomic E-state index is -5.18. The zero-order valence-corrected chi connectivity index (χ0v) is 11.3. The number of rotatable bonds is 4. The summed E-state index contributed by atoms with van der Waals surface area (Å²) in [5.74, 6) is -4.13. The number of nitrogens with one attached hydrogen (secondary N) is 1. The SMILES string of the molecule is CC(C(=O)NCC(O)(c1ccccc1)C(F)(F)F)C(F)(F)F. The molecule has 0 bridgehead atoms. The third kappa shape index (κ3) is 3.90. The quantitative estimate of drug-likeness (QED) is 0.835. The summed E-state index contributed by atoms with van der Waals surface area (Å²) in [6, 6.07) is 5.79. The number of aliphatic hydroxyl groups is 1. The van der Waals surface area contributed by atoms with E-state index in [4.69, 9.17) is 0 Å². The third-order valence-corrected chi connectivity index (χ3v) is 3.12. The van der Waals surface area contributed by atoms with E-state index in [1.165, 1.54) is 23.5 Å². The van der Waals surface area contributed by atoms with E-state index in [0.717, 1.165) is 12.1 Å². The number of hydrogen-bond acceptors (Lipinski definition) is 2. The lowest BCUT2D eigenvalue weighted by Gasteiger charge is -2.31. The molecule has 0 saturated carbocycles. The van der Waals surface area contributed by atoms with Crippen molar-refractivity contribution < 1.29 is 36.2 Å². The molecule has 0 aliphatic heterocycles. The largest absolute Gasteiger partial charge is 0.423 e. The first-order valence-electron chi connectivity index (χ1n) is 6.08. The summed E-state index contributed by atoms with van der Waals surface area (Å²) in [5, 5.41) is 11.3. The van der Waals surface area contributed by atoms with Crippen LogP contribution in [0.25, 0.3) is 0 Å². The van der Waals surface area contributed by atoms with Gasteiger partial charge in [-0.25, -0.2) is 0 Å². The predicted octanol–water partition coefficient (Wildman–Crippen LogP) is 2.75. The molecule has 2 atom stereocenters. The maximum absolute atomic E-state index is 13.1. The standard InChI is InChI=1S/C13H13F6NO2/c1-8(12(14,15)16)10(21)20-7-11(22,13(17,18)19)9-5-3-2-4-6-9/h2-6,8,22H,7H2,1H3,(H,20,21). The first kappa shape index (κ1) is 18.3. The number of carbonyl (C=O) groups is 1. The van der Waals surface area contributed by atoms with E-state index in [2.05, 4.69) is 0 Å². The lowest BCUT2D eigenvalue weighted by molar-refractivity contribution is -0.264. The third-order valence-electron chi connectivity index (χ3n) is 3.12. The van der Waals surface area contributed by atoms with E-state index >= 15 is 0 Å². The number of hydrogen-bond donors (Lipinski definition) is 2. The van der Waals surface area contributed by atoms with E-state index in [1.54, 1.807) is 0 Å². The molecule has 0 saturated heterocycles. The average molecular weight is 329 g/mol. The number of carbonyl (C=O) groups excluding carboxylic acids is 1. The van der Waals surface area contributed by atoms with Gasteiger partial charge in [0.15, 0.2) is 0 Å². The molecule has 0 heterocycles. The minimum absolute atomic E-state index is 0.518. The Bertz CT molecular complexity index is 514. The second-order valence-corrected chi connectivity index (χ2v) is 4.71. The van der Waals surface area contributed by atoms with Gasteiger partial charge >= 0.3 is 12.4 Å². The Balaban J connectivity index is 2.96. The van der Waals surface area contributed by atoms with Crippen LogP contribution in [0.4, 0.5) is 26.3 Å². The molecule has 0 fully saturated rings. The Kier molecular flexibility index (Phi) is 5.11. The molecule has 1 amide bonds. The second-order valence-electron chi connectivity index (χ2n) is 4.71. The fraction of sp³-hybridized carbons (Fsp3) is 0.462. The Labute approximate surface area is 121 Å². The fourth-order valence-electron chi connectivity index (χ4n) is 1.60. The van der Waals surface area contributed by atoms with Crippen LogP contribution >= 0.6 is 0 Å². The second kappa shape index (κ2) is 6.15. The zero-order chi connectivity index (χ0) is 17.2. The monoisotopic (exact) mass is 329 g/mol. The van der Waals surface area contributed by atoms with E-state index < -0.39 is 41.9 Å². The number of benzene rings is 1. The van der Waals surface area contributed by atoms with Crippen LogP contribution in [0.2, 0.25) is 0 Å². The summed E-state index contributed by atoms with van der Waals surface area (Å²) < 4.78 is 76.1. The summed E-state index contributed by atoms with van der Waals surface area (Å²) >= 11 is 0. The van der Waals surface area contributed by atoms with Gasteiger partial charge in [0.05, 0.1) is 6.54 Å². The van der Waals surface area contributed by atoms with Gasteiger partial charge in [-0.05, 0) is 12.5 Å². The molecule has 22 heavy (non-hydrogen) atoms. The van der Waals surface area contributed by atoms with Crippen LogP contribution in [-0.2, 0) is 10.4 Å². The number of amides is 1. The van der Waals surface area contributed by atoms with Crippen molar-refractivity contribution in [2.75, 3.05) is 6.54 Å². The molecule has 2 N–H and O–H groups in total. The first-order chi connectivity index (χ1) is 9.89. The molecule has 0 aliphatic carbocycles. The molecule has 2 unspecified atom stereocenters. The smallest absolute Gasteiger partial charge is 0.375 e. The van der Waals surface area contributed by atoms with Gasteiger partial charge in [0, 0.05) is 0 Å². The van der Waals surface area contributed by atoms with Crippen molar-refractivity contribution in [3.63, 3.8) is 0 Å². The van der Waals surface area contributed by atoms with Crippen LogP contribution in [0.1, 0.15) is 12.5 Å². The maximum Gasteiger partial charge on any atom is 0.423 e. The molecule has 1 aromatic rings. The lowest BCUT2D eigenvalue weighted by atomic mass is 9.92. The summed E-state index contributed by atoms with van der Waals surface area (Å²) in [7, 11) is 0. The first-order valence-corrected chi connectivity index (χ1v) is 6.08. The number of alkyl halides is 6. The Hall–Kier alpha value is -1.77. The Morgan fingerprint density at radius 2 is 1.64 bits per heavy atom. The molecule has 1 rings (SSSR count). The van der Waals surface area contributed by atoms with Gasteiger partial charge < -0.3 is 10.4 Å². The van der Waals surface area contributed by atoms with Gasteiger partial charge in [-0.15, -0.1) is 0 Å².